The molecule has 1 aromatic heterocycles. The lowest BCUT2D eigenvalue weighted by Gasteiger charge is -2.38. The fourth-order valence-electron chi connectivity index (χ4n) is 4.43. The number of rotatable bonds is 4. The number of pyridine rings is 1. The summed E-state index contributed by atoms with van der Waals surface area (Å²) in [5, 5.41) is 2.64. The van der Waals surface area contributed by atoms with E-state index in [-0.39, 0.29) is 0 Å². The van der Waals surface area contributed by atoms with Crippen molar-refractivity contribution in [3.8, 4) is 0 Å². The summed E-state index contributed by atoms with van der Waals surface area (Å²) < 4.78 is 0. The molecule has 1 saturated carbocycles. The first-order valence-corrected chi connectivity index (χ1v) is 9.21. The van der Waals surface area contributed by atoms with E-state index in [1.165, 1.54) is 60.6 Å². The first-order valence-electron chi connectivity index (χ1n) is 9.21. The summed E-state index contributed by atoms with van der Waals surface area (Å²) in [6, 6.07) is 21.8. The van der Waals surface area contributed by atoms with Crippen molar-refractivity contribution in [2.75, 3.05) is 0 Å². The van der Waals surface area contributed by atoms with Crippen LogP contribution in [0.3, 0.4) is 0 Å². The molecule has 0 bridgehead atoms. The van der Waals surface area contributed by atoms with Crippen molar-refractivity contribution in [3.63, 3.8) is 0 Å². The smallest absolute Gasteiger partial charge is 0.0487 e. The van der Waals surface area contributed by atoms with Crippen molar-refractivity contribution in [2.45, 2.75) is 44.9 Å². The van der Waals surface area contributed by atoms with Crippen LogP contribution in [0.1, 0.15) is 43.4 Å². The van der Waals surface area contributed by atoms with Gasteiger partial charge in [0.15, 0.2) is 0 Å². The summed E-state index contributed by atoms with van der Waals surface area (Å²) in [5.41, 5.74) is 3.13. The molecule has 0 aliphatic heterocycles. The van der Waals surface area contributed by atoms with E-state index in [0.717, 1.165) is 6.42 Å². The van der Waals surface area contributed by atoms with Gasteiger partial charge < -0.3 is 0 Å². The van der Waals surface area contributed by atoms with E-state index >= 15 is 0 Å². The number of nitrogens with zero attached hydrogens (tertiary/aromatic N) is 1. The SMILES string of the molecule is c1ccc(CC2(Cc3nccc4ccccc34)CCCCC2)cc1. The van der Waals surface area contributed by atoms with E-state index in [2.05, 4.69) is 60.7 Å². The van der Waals surface area contributed by atoms with E-state index in [1.54, 1.807) is 0 Å². The quantitative estimate of drug-likeness (QED) is 0.578. The van der Waals surface area contributed by atoms with Crippen LogP contribution in [0, 0.1) is 5.41 Å². The van der Waals surface area contributed by atoms with Gasteiger partial charge in [-0.05, 0) is 48.1 Å². The summed E-state index contributed by atoms with van der Waals surface area (Å²) in [6.45, 7) is 0. The molecule has 1 heterocycles. The van der Waals surface area contributed by atoms with Crippen molar-refractivity contribution >= 4 is 10.8 Å². The first-order chi connectivity index (χ1) is 11.8. The minimum atomic E-state index is 0.372. The predicted molar refractivity (Wildman–Crippen MR) is 101 cm³/mol. The highest BCUT2D eigenvalue weighted by molar-refractivity contribution is 5.84. The van der Waals surface area contributed by atoms with Crippen LogP contribution < -0.4 is 0 Å². The van der Waals surface area contributed by atoms with Crippen LogP contribution in [-0.2, 0) is 12.8 Å². The molecule has 0 saturated heterocycles. The lowest BCUT2D eigenvalue weighted by Crippen LogP contribution is -2.29. The van der Waals surface area contributed by atoms with Gasteiger partial charge in [0, 0.05) is 17.3 Å². The number of aromatic nitrogens is 1. The van der Waals surface area contributed by atoms with E-state index in [1.807, 2.05) is 6.20 Å². The van der Waals surface area contributed by atoms with Gasteiger partial charge in [-0.15, -0.1) is 0 Å². The Balaban J connectivity index is 1.69. The third-order valence-corrected chi connectivity index (χ3v) is 5.63. The third-order valence-electron chi connectivity index (χ3n) is 5.63. The average Bonchev–Trinajstić information content (AvgIpc) is 2.64. The van der Waals surface area contributed by atoms with E-state index in [0.29, 0.717) is 5.41 Å². The Morgan fingerprint density at radius 3 is 2.33 bits per heavy atom. The minimum absolute atomic E-state index is 0.372. The highest BCUT2D eigenvalue weighted by atomic mass is 14.7. The largest absolute Gasteiger partial charge is 0.261 e. The Labute approximate surface area is 144 Å². The molecule has 1 nitrogen and oxygen atoms in total. The number of fused-ring (bicyclic) bond motifs is 1. The van der Waals surface area contributed by atoms with E-state index in [9.17, 15) is 0 Å². The summed E-state index contributed by atoms with van der Waals surface area (Å²) in [7, 11) is 0. The lowest BCUT2D eigenvalue weighted by atomic mass is 9.67. The lowest BCUT2D eigenvalue weighted by molar-refractivity contribution is 0.185. The van der Waals surface area contributed by atoms with Crippen molar-refractivity contribution in [3.05, 3.63) is 78.1 Å². The molecular formula is C23H25N. The molecule has 1 heteroatoms. The Morgan fingerprint density at radius 1 is 0.750 bits per heavy atom. The maximum Gasteiger partial charge on any atom is 0.0487 e. The van der Waals surface area contributed by atoms with Crippen molar-refractivity contribution in [1.29, 1.82) is 0 Å². The Morgan fingerprint density at radius 2 is 1.50 bits per heavy atom. The Kier molecular flexibility index (Phi) is 4.34. The molecule has 122 valence electrons. The molecule has 4 rings (SSSR count). The molecule has 0 unspecified atom stereocenters. The van der Waals surface area contributed by atoms with Gasteiger partial charge in [0.1, 0.15) is 0 Å². The molecule has 0 amide bonds. The third kappa shape index (κ3) is 3.21. The minimum Gasteiger partial charge on any atom is -0.261 e. The topological polar surface area (TPSA) is 12.9 Å². The van der Waals surface area contributed by atoms with Crippen LogP contribution in [-0.4, -0.2) is 4.98 Å². The zero-order valence-electron chi connectivity index (χ0n) is 14.2. The molecule has 3 aromatic rings. The van der Waals surface area contributed by atoms with Gasteiger partial charge in [-0.2, -0.15) is 0 Å². The number of benzene rings is 2. The zero-order valence-corrected chi connectivity index (χ0v) is 14.2. The number of hydrogen-bond donors (Lipinski definition) is 0. The highest BCUT2D eigenvalue weighted by Gasteiger charge is 2.33. The molecular weight excluding hydrogens is 290 g/mol. The second kappa shape index (κ2) is 6.76. The van der Waals surface area contributed by atoms with Crippen LogP contribution in [0.2, 0.25) is 0 Å². The highest BCUT2D eigenvalue weighted by Crippen LogP contribution is 2.42. The van der Waals surface area contributed by atoms with Crippen LogP contribution in [0.5, 0.6) is 0 Å². The monoisotopic (exact) mass is 315 g/mol. The predicted octanol–water partition coefficient (Wildman–Crippen LogP) is 5.97. The first kappa shape index (κ1) is 15.4. The van der Waals surface area contributed by atoms with Gasteiger partial charge in [-0.3, -0.25) is 4.98 Å². The molecule has 1 aliphatic rings. The van der Waals surface area contributed by atoms with Crippen LogP contribution >= 0.6 is 0 Å². The normalized spacial score (nSPS) is 17.0. The fourth-order valence-corrected chi connectivity index (χ4v) is 4.43. The summed E-state index contributed by atoms with van der Waals surface area (Å²) >= 11 is 0. The zero-order chi connectivity index (χ0) is 16.2. The maximum atomic E-state index is 4.79. The summed E-state index contributed by atoms with van der Waals surface area (Å²) in [5.74, 6) is 0. The molecule has 1 fully saturated rings. The van der Waals surface area contributed by atoms with E-state index in [4.69, 9.17) is 4.98 Å². The maximum absolute atomic E-state index is 4.79. The van der Waals surface area contributed by atoms with Gasteiger partial charge in [0.05, 0.1) is 0 Å². The average molecular weight is 315 g/mol. The van der Waals surface area contributed by atoms with E-state index < -0.39 is 0 Å². The molecule has 0 spiro atoms. The van der Waals surface area contributed by atoms with Crippen molar-refractivity contribution in [2.24, 2.45) is 5.41 Å². The van der Waals surface area contributed by atoms with Crippen LogP contribution in [0.4, 0.5) is 0 Å². The second-order valence-electron chi connectivity index (χ2n) is 7.38. The van der Waals surface area contributed by atoms with Gasteiger partial charge in [0.2, 0.25) is 0 Å². The van der Waals surface area contributed by atoms with Gasteiger partial charge in [0.25, 0.3) is 0 Å². The second-order valence-corrected chi connectivity index (χ2v) is 7.38. The van der Waals surface area contributed by atoms with Gasteiger partial charge >= 0.3 is 0 Å². The Hall–Kier alpha value is -2.15. The molecule has 0 radical (unpaired) electrons. The summed E-state index contributed by atoms with van der Waals surface area (Å²) in [4.78, 5) is 4.79. The van der Waals surface area contributed by atoms with Crippen LogP contribution in [0.15, 0.2) is 66.9 Å². The fraction of sp³-hybridized carbons (Fsp3) is 0.348. The van der Waals surface area contributed by atoms with Crippen molar-refractivity contribution < 1.29 is 0 Å². The van der Waals surface area contributed by atoms with Crippen LogP contribution in [0.25, 0.3) is 10.8 Å². The van der Waals surface area contributed by atoms with Crippen molar-refractivity contribution in [1.82, 2.24) is 4.98 Å². The molecule has 24 heavy (non-hydrogen) atoms. The Bertz CT molecular complexity index is 795. The van der Waals surface area contributed by atoms with Gasteiger partial charge in [-0.1, -0.05) is 73.9 Å². The molecule has 0 N–H and O–H groups in total. The molecule has 0 atom stereocenters. The summed E-state index contributed by atoms with van der Waals surface area (Å²) in [6.07, 6.45) is 11.0. The number of hydrogen-bond acceptors (Lipinski definition) is 1. The standard InChI is InChI=1S/C23H25N/c1-3-9-19(10-4-1)17-23(14-7-2-8-15-23)18-22-21-12-6-5-11-20(21)13-16-24-22/h1,3-6,9-13,16H,2,7-8,14-15,17-18H2. The van der Waals surface area contributed by atoms with Gasteiger partial charge in [-0.25, -0.2) is 0 Å². The molecule has 1 aliphatic carbocycles. The molecule has 2 aromatic carbocycles.